The van der Waals surface area contributed by atoms with E-state index in [4.69, 9.17) is 38.7 Å². The maximum Gasteiger partial charge on any atom is 0.211 e. The summed E-state index contributed by atoms with van der Waals surface area (Å²) >= 11 is 13.9. The Morgan fingerprint density at radius 3 is 2.71 bits per heavy atom. The first-order valence-corrected chi connectivity index (χ1v) is 11.9. The van der Waals surface area contributed by atoms with Gasteiger partial charge >= 0.3 is 0 Å². The summed E-state index contributed by atoms with van der Waals surface area (Å²) in [5.74, 6) is 0.903. The molecule has 2 atom stereocenters. The zero-order valence-electron chi connectivity index (χ0n) is 17.2. The number of nitrogens with two attached hydrogens (primary N) is 1. The summed E-state index contributed by atoms with van der Waals surface area (Å²) < 4.78 is 7.65. The summed E-state index contributed by atoms with van der Waals surface area (Å²) in [6.07, 6.45) is 11.6. The van der Waals surface area contributed by atoms with Crippen LogP contribution in [0.25, 0.3) is 5.65 Å². The van der Waals surface area contributed by atoms with Crippen LogP contribution in [-0.2, 0) is 4.74 Å². The van der Waals surface area contributed by atoms with Crippen LogP contribution in [-0.4, -0.2) is 51.7 Å². The van der Waals surface area contributed by atoms with E-state index in [1.807, 2.05) is 22.9 Å². The number of halogens is 2. The molecule has 1 aliphatic heterocycles. The van der Waals surface area contributed by atoms with Crippen molar-refractivity contribution in [3.63, 3.8) is 0 Å². The molecule has 10 heteroatoms. The Hall–Kier alpha value is -1.58. The molecule has 1 saturated heterocycles. The summed E-state index contributed by atoms with van der Waals surface area (Å²) in [4.78, 5) is 17.4. The highest BCUT2D eigenvalue weighted by Crippen LogP contribution is 2.47. The second-order valence-corrected chi connectivity index (χ2v) is 10.1. The highest BCUT2D eigenvalue weighted by atomic mass is 35.5. The van der Waals surface area contributed by atoms with Gasteiger partial charge in [0.1, 0.15) is 5.15 Å². The number of hydrogen-bond acceptors (Lipinski definition) is 7. The number of piperidine rings is 1. The van der Waals surface area contributed by atoms with Gasteiger partial charge in [-0.3, -0.25) is 4.40 Å². The van der Waals surface area contributed by atoms with Crippen LogP contribution in [0, 0.1) is 5.41 Å². The van der Waals surface area contributed by atoms with Gasteiger partial charge in [-0.2, -0.15) is 0 Å². The number of pyridine rings is 1. The molecule has 1 spiro atoms. The number of imidazole rings is 1. The van der Waals surface area contributed by atoms with Gasteiger partial charge in [0.2, 0.25) is 5.95 Å². The standard InChI is InChI=1S/C21H24Cl2N6OS/c1-30-13-10-16(24)21(11-13)3-7-28(8-4-21)20-27-12-15(19-26-6-9-29(19)20)31-14-2-5-25-18(23)17(14)22/h2,5-6,9,12-13,16H,3-4,7-8,10-11,24H2,1H3/t13-,16+/m0/s1. The van der Waals surface area contributed by atoms with E-state index in [9.17, 15) is 0 Å². The molecule has 3 aromatic rings. The minimum absolute atomic E-state index is 0.179. The van der Waals surface area contributed by atoms with Crippen molar-refractivity contribution in [1.29, 1.82) is 0 Å². The minimum atomic E-state index is 0.179. The van der Waals surface area contributed by atoms with Gasteiger partial charge in [0.25, 0.3) is 0 Å². The first-order valence-electron chi connectivity index (χ1n) is 10.3. The van der Waals surface area contributed by atoms with Crippen LogP contribution in [0.1, 0.15) is 25.7 Å². The number of anilines is 1. The van der Waals surface area contributed by atoms with Gasteiger partial charge in [0, 0.05) is 55.9 Å². The third-order valence-corrected chi connectivity index (χ3v) is 8.66. The average Bonchev–Trinajstić information content (AvgIpc) is 3.38. The molecule has 4 heterocycles. The molecule has 0 bridgehead atoms. The molecule has 7 nitrogen and oxygen atoms in total. The van der Waals surface area contributed by atoms with Gasteiger partial charge in [0.05, 0.1) is 16.0 Å². The molecule has 1 saturated carbocycles. The van der Waals surface area contributed by atoms with Gasteiger partial charge < -0.3 is 15.4 Å². The third-order valence-electron chi connectivity index (χ3n) is 6.72. The number of hydrogen-bond donors (Lipinski definition) is 1. The van der Waals surface area contributed by atoms with Gasteiger partial charge in [0.15, 0.2) is 5.65 Å². The van der Waals surface area contributed by atoms with Gasteiger partial charge in [-0.05, 0) is 37.2 Å². The number of aromatic nitrogens is 4. The van der Waals surface area contributed by atoms with Crippen LogP contribution in [0.5, 0.6) is 0 Å². The Morgan fingerprint density at radius 1 is 1.16 bits per heavy atom. The molecule has 2 aliphatic rings. The van der Waals surface area contributed by atoms with E-state index < -0.39 is 0 Å². The second kappa shape index (κ2) is 8.41. The Kier molecular flexibility index (Phi) is 5.77. The smallest absolute Gasteiger partial charge is 0.211 e. The number of nitrogens with zero attached hydrogens (tertiary/aromatic N) is 5. The molecule has 5 rings (SSSR count). The van der Waals surface area contributed by atoms with E-state index in [0.717, 1.165) is 60.2 Å². The Balaban J connectivity index is 1.38. The highest BCUT2D eigenvalue weighted by molar-refractivity contribution is 7.99. The predicted octanol–water partition coefficient (Wildman–Crippen LogP) is 4.31. The van der Waals surface area contributed by atoms with E-state index in [-0.39, 0.29) is 17.6 Å². The lowest BCUT2D eigenvalue weighted by Gasteiger charge is -2.42. The molecule has 0 amide bonds. The first kappa shape index (κ1) is 21.3. The van der Waals surface area contributed by atoms with Crippen molar-refractivity contribution in [3.8, 4) is 0 Å². The number of rotatable bonds is 4. The molecule has 2 fully saturated rings. The van der Waals surface area contributed by atoms with Crippen LogP contribution in [0.4, 0.5) is 5.95 Å². The van der Waals surface area contributed by atoms with E-state index in [1.165, 1.54) is 11.8 Å². The largest absolute Gasteiger partial charge is 0.381 e. The normalized spacial score (nSPS) is 23.2. The molecular weight excluding hydrogens is 455 g/mol. The summed E-state index contributed by atoms with van der Waals surface area (Å²) in [5, 5.41) is 0.727. The van der Waals surface area contributed by atoms with Crippen LogP contribution < -0.4 is 10.6 Å². The fourth-order valence-corrected chi connectivity index (χ4v) is 6.26. The van der Waals surface area contributed by atoms with Crippen LogP contribution >= 0.6 is 35.0 Å². The van der Waals surface area contributed by atoms with Crippen molar-refractivity contribution in [3.05, 3.63) is 41.0 Å². The van der Waals surface area contributed by atoms with Crippen molar-refractivity contribution < 1.29 is 4.74 Å². The highest BCUT2D eigenvalue weighted by Gasteiger charge is 2.47. The number of ether oxygens (including phenoxy) is 1. The fraction of sp³-hybridized carbons (Fsp3) is 0.476. The van der Waals surface area contributed by atoms with Crippen molar-refractivity contribution in [1.82, 2.24) is 19.4 Å². The van der Waals surface area contributed by atoms with Crippen molar-refractivity contribution >= 4 is 46.6 Å². The van der Waals surface area contributed by atoms with E-state index in [1.54, 1.807) is 19.5 Å². The molecule has 31 heavy (non-hydrogen) atoms. The monoisotopic (exact) mass is 478 g/mol. The van der Waals surface area contributed by atoms with E-state index in [0.29, 0.717) is 10.2 Å². The van der Waals surface area contributed by atoms with Gasteiger partial charge in [-0.15, -0.1) is 0 Å². The number of methoxy groups -OCH3 is 1. The summed E-state index contributed by atoms with van der Waals surface area (Å²) in [5.41, 5.74) is 7.55. The SMILES string of the molecule is CO[C@H]1C[C@@H](N)C2(CCN(c3ncc(Sc4ccnc(Cl)c4Cl)c4nccn34)CC2)C1. The predicted molar refractivity (Wildman–Crippen MR) is 123 cm³/mol. The fourth-order valence-electron chi connectivity index (χ4n) is 4.92. The molecule has 0 unspecified atom stereocenters. The maximum absolute atomic E-state index is 6.53. The van der Waals surface area contributed by atoms with Crippen molar-refractivity contribution in [2.45, 2.75) is 47.6 Å². The van der Waals surface area contributed by atoms with Crippen LogP contribution in [0.3, 0.4) is 0 Å². The Morgan fingerprint density at radius 2 is 1.97 bits per heavy atom. The topological polar surface area (TPSA) is 81.6 Å². The lowest BCUT2D eigenvalue weighted by Crippen LogP contribution is -2.47. The lowest BCUT2D eigenvalue weighted by atomic mass is 9.74. The maximum atomic E-state index is 6.53. The molecule has 2 N–H and O–H groups in total. The molecular formula is C21H24Cl2N6OS. The zero-order valence-corrected chi connectivity index (χ0v) is 19.5. The van der Waals surface area contributed by atoms with Crippen LogP contribution in [0.15, 0.2) is 40.6 Å². The van der Waals surface area contributed by atoms with E-state index >= 15 is 0 Å². The molecule has 0 aromatic carbocycles. The summed E-state index contributed by atoms with van der Waals surface area (Å²) in [6.45, 7) is 1.84. The lowest BCUT2D eigenvalue weighted by molar-refractivity contribution is 0.0890. The summed E-state index contributed by atoms with van der Waals surface area (Å²) in [7, 11) is 1.79. The Bertz CT molecular complexity index is 1100. The number of fused-ring (bicyclic) bond motifs is 1. The van der Waals surface area contributed by atoms with E-state index in [2.05, 4.69) is 14.9 Å². The second-order valence-electron chi connectivity index (χ2n) is 8.31. The first-order chi connectivity index (χ1) is 15.0. The zero-order chi connectivity index (χ0) is 21.6. The van der Waals surface area contributed by atoms with Crippen molar-refractivity contribution in [2.75, 3.05) is 25.1 Å². The molecule has 1 aliphatic carbocycles. The Labute approximate surface area is 195 Å². The third kappa shape index (κ3) is 3.78. The molecule has 164 valence electrons. The van der Waals surface area contributed by atoms with Crippen molar-refractivity contribution in [2.24, 2.45) is 11.1 Å². The molecule has 3 aromatic heterocycles. The average molecular weight is 479 g/mol. The summed E-state index contributed by atoms with van der Waals surface area (Å²) in [6, 6.07) is 2.05. The van der Waals surface area contributed by atoms with Gasteiger partial charge in [-0.25, -0.2) is 15.0 Å². The van der Waals surface area contributed by atoms with Crippen LogP contribution in [0.2, 0.25) is 10.2 Å². The van der Waals surface area contributed by atoms with Gasteiger partial charge in [-0.1, -0.05) is 35.0 Å². The minimum Gasteiger partial charge on any atom is -0.381 e. The molecule has 0 radical (unpaired) electrons. The quantitative estimate of drug-likeness (QED) is 0.559.